The number of aryl methyl sites for hydroxylation is 1. The van der Waals surface area contributed by atoms with Crippen molar-refractivity contribution in [1.29, 1.82) is 0 Å². The van der Waals surface area contributed by atoms with Gasteiger partial charge in [-0.1, -0.05) is 0 Å². The molecule has 2 aromatic rings. The molecule has 0 aromatic carbocycles. The standard InChI is InChI=1S/C8H10N6S/c1-5-11-8(14-12-5)15-7-6(4-9)2-3-10-13-7/h2-3H,4,9H2,1H3,(H,11,12,14). The van der Waals surface area contributed by atoms with Crippen molar-refractivity contribution in [1.82, 2.24) is 25.4 Å². The van der Waals surface area contributed by atoms with Crippen molar-refractivity contribution in [2.45, 2.75) is 23.7 Å². The zero-order chi connectivity index (χ0) is 10.7. The third-order valence-electron chi connectivity index (χ3n) is 1.75. The number of aromatic amines is 1. The first-order valence-electron chi connectivity index (χ1n) is 4.37. The molecule has 0 fully saturated rings. The van der Waals surface area contributed by atoms with Crippen LogP contribution in [0.4, 0.5) is 0 Å². The zero-order valence-electron chi connectivity index (χ0n) is 8.14. The molecule has 0 bridgehead atoms. The molecule has 0 unspecified atom stereocenters. The number of hydrogen-bond acceptors (Lipinski definition) is 6. The maximum atomic E-state index is 5.58. The smallest absolute Gasteiger partial charge is 0.214 e. The highest BCUT2D eigenvalue weighted by Crippen LogP contribution is 2.24. The largest absolute Gasteiger partial charge is 0.326 e. The van der Waals surface area contributed by atoms with Crippen LogP contribution in [-0.4, -0.2) is 25.4 Å². The molecule has 0 saturated heterocycles. The molecule has 3 N–H and O–H groups in total. The molecule has 0 amide bonds. The SMILES string of the molecule is Cc1nc(Sc2nnccc2CN)n[nH]1. The maximum Gasteiger partial charge on any atom is 0.214 e. The lowest BCUT2D eigenvalue weighted by atomic mass is 10.3. The monoisotopic (exact) mass is 222 g/mol. The average Bonchev–Trinajstić information content (AvgIpc) is 2.65. The van der Waals surface area contributed by atoms with Crippen LogP contribution in [0.3, 0.4) is 0 Å². The fourth-order valence-corrected chi connectivity index (χ4v) is 1.86. The number of aromatic nitrogens is 5. The van der Waals surface area contributed by atoms with Gasteiger partial charge < -0.3 is 5.73 Å². The van der Waals surface area contributed by atoms with Gasteiger partial charge in [0.2, 0.25) is 5.16 Å². The van der Waals surface area contributed by atoms with Gasteiger partial charge in [0.1, 0.15) is 10.9 Å². The summed E-state index contributed by atoms with van der Waals surface area (Å²) in [6, 6.07) is 1.84. The highest BCUT2D eigenvalue weighted by Gasteiger charge is 2.08. The van der Waals surface area contributed by atoms with E-state index in [2.05, 4.69) is 25.4 Å². The Morgan fingerprint density at radius 2 is 2.40 bits per heavy atom. The minimum Gasteiger partial charge on any atom is -0.326 e. The van der Waals surface area contributed by atoms with Gasteiger partial charge in [0, 0.05) is 18.3 Å². The molecular weight excluding hydrogens is 212 g/mol. The topological polar surface area (TPSA) is 93.4 Å². The number of hydrogen-bond donors (Lipinski definition) is 2. The quantitative estimate of drug-likeness (QED) is 0.786. The Balaban J connectivity index is 2.23. The van der Waals surface area contributed by atoms with Gasteiger partial charge in [-0.15, -0.1) is 10.2 Å². The summed E-state index contributed by atoms with van der Waals surface area (Å²) in [5.41, 5.74) is 6.52. The molecule has 0 atom stereocenters. The van der Waals surface area contributed by atoms with Gasteiger partial charge in [-0.3, -0.25) is 5.10 Å². The van der Waals surface area contributed by atoms with E-state index in [1.165, 1.54) is 11.8 Å². The van der Waals surface area contributed by atoms with E-state index in [0.29, 0.717) is 11.7 Å². The van der Waals surface area contributed by atoms with E-state index in [9.17, 15) is 0 Å². The Labute approximate surface area is 90.7 Å². The highest BCUT2D eigenvalue weighted by molar-refractivity contribution is 7.99. The van der Waals surface area contributed by atoms with Gasteiger partial charge in [0.05, 0.1) is 0 Å². The molecule has 6 nitrogen and oxygen atoms in total. The van der Waals surface area contributed by atoms with Crippen molar-refractivity contribution >= 4 is 11.8 Å². The van der Waals surface area contributed by atoms with Crippen LogP contribution in [-0.2, 0) is 6.54 Å². The van der Waals surface area contributed by atoms with Gasteiger partial charge >= 0.3 is 0 Å². The predicted octanol–water partition coefficient (Wildman–Crippen LogP) is 0.513. The van der Waals surface area contributed by atoms with E-state index < -0.39 is 0 Å². The second-order valence-corrected chi connectivity index (χ2v) is 3.83. The fraction of sp³-hybridized carbons (Fsp3) is 0.250. The van der Waals surface area contributed by atoms with Crippen LogP contribution in [0.5, 0.6) is 0 Å². The first kappa shape index (κ1) is 10.1. The van der Waals surface area contributed by atoms with E-state index in [0.717, 1.165) is 16.4 Å². The minimum atomic E-state index is 0.432. The van der Waals surface area contributed by atoms with E-state index >= 15 is 0 Å². The molecular formula is C8H10N6S. The van der Waals surface area contributed by atoms with Gasteiger partial charge in [0.15, 0.2) is 0 Å². The van der Waals surface area contributed by atoms with Crippen LogP contribution in [0.15, 0.2) is 22.4 Å². The molecule has 2 heterocycles. The summed E-state index contributed by atoms with van der Waals surface area (Å²) < 4.78 is 0. The summed E-state index contributed by atoms with van der Waals surface area (Å²) in [6.45, 7) is 2.28. The molecule has 0 radical (unpaired) electrons. The minimum absolute atomic E-state index is 0.432. The third-order valence-corrected chi connectivity index (χ3v) is 2.65. The number of rotatable bonds is 3. The molecule has 2 rings (SSSR count). The first-order chi connectivity index (χ1) is 7.29. The van der Waals surface area contributed by atoms with Crippen molar-refractivity contribution in [2.75, 3.05) is 0 Å². The lowest BCUT2D eigenvalue weighted by Gasteiger charge is -2.00. The Morgan fingerprint density at radius 3 is 3.07 bits per heavy atom. The molecule has 7 heteroatoms. The molecule has 0 aliphatic rings. The Morgan fingerprint density at radius 1 is 1.53 bits per heavy atom. The van der Waals surface area contributed by atoms with Gasteiger partial charge in [-0.2, -0.15) is 5.10 Å². The van der Waals surface area contributed by atoms with Gasteiger partial charge in [-0.05, 0) is 24.8 Å². The summed E-state index contributed by atoms with van der Waals surface area (Å²) in [4.78, 5) is 4.17. The predicted molar refractivity (Wildman–Crippen MR) is 55.2 cm³/mol. The molecule has 0 saturated carbocycles. The summed E-state index contributed by atoms with van der Waals surface area (Å²) >= 11 is 1.35. The van der Waals surface area contributed by atoms with E-state index in [1.54, 1.807) is 6.20 Å². The lowest BCUT2D eigenvalue weighted by molar-refractivity contribution is 0.860. The zero-order valence-corrected chi connectivity index (χ0v) is 8.95. The van der Waals surface area contributed by atoms with Gasteiger partial charge in [-0.25, -0.2) is 4.98 Å². The number of nitrogens with zero attached hydrogens (tertiary/aromatic N) is 4. The van der Waals surface area contributed by atoms with Gasteiger partial charge in [0.25, 0.3) is 0 Å². The normalized spacial score (nSPS) is 10.5. The van der Waals surface area contributed by atoms with Crippen molar-refractivity contribution in [2.24, 2.45) is 5.73 Å². The Bertz CT molecular complexity index is 454. The lowest BCUT2D eigenvalue weighted by Crippen LogP contribution is -2.01. The van der Waals surface area contributed by atoms with Crippen molar-refractivity contribution in [3.63, 3.8) is 0 Å². The van der Waals surface area contributed by atoms with Crippen LogP contribution in [0.1, 0.15) is 11.4 Å². The molecule has 2 aromatic heterocycles. The molecule has 0 aliphatic heterocycles. The molecule has 0 aliphatic carbocycles. The second kappa shape index (κ2) is 4.37. The van der Waals surface area contributed by atoms with Crippen LogP contribution in [0, 0.1) is 6.92 Å². The number of nitrogens with one attached hydrogen (secondary N) is 1. The van der Waals surface area contributed by atoms with E-state index in [4.69, 9.17) is 5.73 Å². The average molecular weight is 222 g/mol. The van der Waals surface area contributed by atoms with Crippen LogP contribution >= 0.6 is 11.8 Å². The van der Waals surface area contributed by atoms with E-state index in [1.807, 2.05) is 13.0 Å². The number of nitrogens with two attached hydrogens (primary N) is 1. The molecule has 78 valence electrons. The highest BCUT2D eigenvalue weighted by atomic mass is 32.2. The van der Waals surface area contributed by atoms with Crippen molar-refractivity contribution in [3.8, 4) is 0 Å². The summed E-state index contributed by atoms with van der Waals surface area (Å²) in [5, 5.41) is 15.9. The van der Waals surface area contributed by atoms with Crippen molar-refractivity contribution < 1.29 is 0 Å². The second-order valence-electron chi connectivity index (χ2n) is 2.87. The van der Waals surface area contributed by atoms with Crippen LogP contribution < -0.4 is 5.73 Å². The third kappa shape index (κ3) is 2.31. The molecule has 15 heavy (non-hydrogen) atoms. The number of H-pyrrole nitrogens is 1. The Kier molecular flexibility index (Phi) is 2.93. The van der Waals surface area contributed by atoms with Crippen LogP contribution in [0.2, 0.25) is 0 Å². The maximum absolute atomic E-state index is 5.58. The summed E-state index contributed by atoms with van der Waals surface area (Å²) in [5.74, 6) is 0.774. The van der Waals surface area contributed by atoms with Crippen molar-refractivity contribution in [3.05, 3.63) is 23.7 Å². The fourth-order valence-electron chi connectivity index (χ4n) is 1.04. The molecule has 0 spiro atoms. The van der Waals surface area contributed by atoms with Crippen LogP contribution in [0.25, 0.3) is 0 Å². The van der Waals surface area contributed by atoms with E-state index in [-0.39, 0.29) is 0 Å². The summed E-state index contributed by atoms with van der Waals surface area (Å²) in [7, 11) is 0. The first-order valence-corrected chi connectivity index (χ1v) is 5.18. The Hall–Kier alpha value is -1.47. The summed E-state index contributed by atoms with van der Waals surface area (Å²) in [6.07, 6.45) is 1.62.